The van der Waals surface area contributed by atoms with E-state index in [-0.39, 0.29) is 22.5 Å². The summed E-state index contributed by atoms with van der Waals surface area (Å²) in [6, 6.07) is 16.0. The first-order valence-corrected chi connectivity index (χ1v) is 11.1. The fraction of sp³-hybridized carbons (Fsp3) is 0.407. The molecule has 2 heteroatoms. The Kier molecular flexibility index (Phi) is 2.98. The van der Waals surface area contributed by atoms with Crippen molar-refractivity contribution in [1.29, 1.82) is 0 Å². The topological polar surface area (TPSA) is 6.48 Å². The summed E-state index contributed by atoms with van der Waals surface area (Å²) >= 11 is 0. The molecule has 3 unspecified atom stereocenters. The Morgan fingerprint density at radius 3 is 2.34 bits per heavy atom. The maximum absolute atomic E-state index is 4.70. The molecule has 0 radical (unpaired) electrons. The van der Waals surface area contributed by atoms with Crippen LogP contribution < -0.4 is 9.80 Å². The molecule has 2 aromatic carbocycles. The van der Waals surface area contributed by atoms with Crippen LogP contribution in [0.5, 0.6) is 0 Å². The Balaban J connectivity index is 1.77. The lowest BCUT2D eigenvalue weighted by Gasteiger charge is -2.50. The van der Waals surface area contributed by atoms with Gasteiger partial charge in [0, 0.05) is 22.1 Å². The molecular formula is C27H30N2. The van der Waals surface area contributed by atoms with Crippen LogP contribution in [-0.4, -0.2) is 5.54 Å². The standard InChI is InChI=1S/C27H30N2/c1-7-26-17(3)27(26,8-2)29-21-15-10-9-14-20(21)28-22(25(4,5)6)16-18-12-11-13-19(26)23(18)24(28)29/h9-16,24H,3,7-8H2,1-2,4-6H3. The third-order valence-electron chi connectivity index (χ3n) is 8.18. The number of benzene rings is 2. The van der Waals surface area contributed by atoms with Crippen molar-refractivity contribution in [2.24, 2.45) is 5.41 Å². The zero-order valence-corrected chi connectivity index (χ0v) is 18.2. The summed E-state index contributed by atoms with van der Waals surface area (Å²) in [4.78, 5) is 5.38. The molecule has 0 N–H and O–H groups in total. The highest BCUT2D eigenvalue weighted by Gasteiger charge is 2.78. The summed E-state index contributed by atoms with van der Waals surface area (Å²) in [7, 11) is 0. The summed E-state index contributed by atoms with van der Waals surface area (Å²) in [5.41, 5.74) is 10.1. The fourth-order valence-electron chi connectivity index (χ4n) is 7.04. The molecule has 0 spiro atoms. The van der Waals surface area contributed by atoms with Gasteiger partial charge in [0.25, 0.3) is 0 Å². The maximum Gasteiger partial charge on any atom is 0.134 e. The van der Waals surface area contributed by atoms with Crippen molar-refractivity contribution >= 4 is 17.5 Å². The van der Waals surface area contributed by atoms with E-state index in [4.69, 9.17) is 6.58 Å². The van der Waals surface area contributed by atoms with Gasteiger partial charge in [-0.2, -0.15) is 0 Å². The van der Waals surface area contributed by atoms with Crippen LogP contribution in [0.3, 0.4) is 0 Å². The minimum absolute atomic E-state index is 0.0171. The fourth-order valence-corrected chi connectivity index (χ4v) is 7.04. The van der Waals surface area contributed by atoms with Gasteiger partial charge in [0.2, 0.25) is 0 Å². The average molecular weight is 383 g/mol. The predicted octanol–water partition coefficient (Wildman–Crippen LogP) is 6.79. The van der Waals surface area contributed by atoms with Gasteiger partial charge in [0.1, 0.15) is 6.17 Å². The second-order valence-corrected chi connectivity index (χ2v) is 10.1. The number of hydrogen-bond donors (Lipinski definition) is 0. The molecule has 3 aliphatic heterocycles. The molecule has 0 bridgehead atoms. The van der Waals surface area contributed by atoms with Gasteiger partial charge in [0.05, 0.1) is 16.9 Å². The van der Waals surface area contributed by atoms with Gasteiger partial charge < -0.3 is 9.80 Å². The minimum atomic E-state index is 0.0171. The van der Waals surface area contributed by atoms with Gasteiger partial charge >= 0.3 is 0 Å². The molecule has 3 atom stereocenters. The van der Waals surface area contributed by atoms with Crippen LogP contribution in [0, 0.1) is 5.41 Å². The first-order chi connectivity index (χ1) is 13.8. The molecule has 2 aromatic rings. The second kappa shape index (κ2) is 4.98. The van der Waals surface area contributed by atoms with Gasteiger partial charge in [-0.3, -0.25) is 0 Å². The Hall–Kier alpha value is -2.48. The molecule has 1 saturated carbocycles. The van der Waals surface area contributed by atoms with Crippen LogP contribution in [-0.2, 0) is 5.41 Å². The first kappa shape index (κ1) is 17.4. The lowest BCUT2D eigenvalue weighted by molar-refractivity contribution is 0.384. The molecule has 6 rings (SSSR count). The number of nitrogens with zero attached hydrogens (tertiary/aromatic N) is 2. The Morgan fingerprint density at radius 1 is 0.966 bits per heavy atom. The summed E-state index contributed by atoms with van der Waals surface area (Å²) in [5.74, 6) is 0. The van der Waals surface area contributed by atoms with Crippen LogP contribution in [0.4, 0.5) is 11.4 Å². The van der Waals surface area contributed by atoms with E-state index in [1.807, 2.05) is 0 Å². The monoisotopic (exact) mass is 382 g/mol. The first-order valence-electron chi connectivity index (χ1n) is 11.1. The number of hydrogen-bond acceptors (Lipinski definition) is 2. The molecule has 29 heavy (non-hydrogen) atoms. The molecule has 148 valence electrons. The normalized spacial score (nSPS) is 30.6. The van der Waals surface area contributed by atoms with E-state index in [0.717, 1.165) is 12.8 Å². The summed E-state index contributed by atoms with van der Waals surface area (Å²) < 4.78 is 0. The molecule has 1 fully saturated rings. The van der Waals surface area contributed by atoms with E-state index in [1.54, 1.807) is 0 Å². The molecule has 4 aliphatic rings. The number of rotatable bonds is 2. The van der Waals surface area contributed by atoms with E-state index < -0.39 is 0 Å². The van der Waals surface area contributed by atoms with E-state index in [1.165, 1.54) is 39.3 Å². The van der Waals surface area contributed by atoms with Crippen molar-refractivity contribution in [3.05, 3.63) is 77.0 Å². The minimum Gasteiger partial charge on any atom is -0.334 e. The number of fused-ring (bicyclic) bond motifs is 6. The highest BCUT2D eigenvalue weighted by atomic mass is 15.5. The highest BCUT2D eigenvalue weighted by Crippen LogP contribution is 2.77. The van der Waals surface area contributed by atoms with E-state index in [0.29, 0.717) is 0 Å². The van der Waals surface area contributed by atoms with E-state index in [2.05, 4.69) is 93.0 Å². The van der Waals surface area contributed by atoms with Crippen molar-refractivity contribution in [3.8, 4) is 0 Å². The van der Waals surface area contributed by atoms with Crippen molar-refractivity contribution in [2.45, 2.75) is 64.6 Å². The molecule has 3 heterocycles. The highest BCUT2D eigenvalue weighted by molar-refractivity contribution is 5.92. The number of para-hydroxylation sites is 2. The molecule has 0 aromatic heterocycles. The third-order valence-corrected chi connectivity index (χ3v) is 8.18. The van der Waals surface area contributed by atoms with Gasteiger partial charge in [-0.15, -0.1) is 0 Å². The maximum atomic E-state index is 4.70. The smallest absolute Gasteiger partial charge is 0.134 e. The number of anilines is 2. The summed E-state index contributed by atoms with van der Waals surface area (Å²) in [6.07, 6.45) is 4.88. The van der Waals surface area contributed by atoms with Gasteiger partial charge in [-0.1, -0.05) is 71.5 Å². The van der Waals surface area contributed by atoms with E-state index in [9.17, 15) is 0 Å². The van der Waals surface area contributed by atoms with Crippen molar-refractivity contribution in [2.75, 3.05) is 9.80 Å². The lowest BCUT2D eigenvalue weighted by atomic mass is 9.75. The number of allylic oxidation sites excluding steroid dienone is 1. The Morgan fingerprint density at radius 2 is 1.69 bits per heavy atom. The Bertz CT molecular complexity index is 1120. The summed E-state index contributed by atoms with van der Waals surface area (Å²) in [6.45, 7) is 16.4. The van der Waals surface area contributed by atoms with Crippen molar-refractivity contribution in [1.82, 2.24) is 0 Å². The second-order valence-electron chi connectivity index (χ2n) is 10.1. The van der Waals surface area contributed by atoms with Gasteiger partial charge in [0.15, 0.2) is 0 Å². The van der Waals surface area contributed by atoms with Crippen molar-refractivity contribution < 1.29 is 0 Å². The predicted molar refractivity (Wildman–Crippen MR) is 122 cm³/mol. The van der Waals surface area contributed by atoms with Crippen LogP contribution in [0.25, 0.3) is 6.08 Å². The quantitative estimate of drug-likeness (QED) is 0.527. The third kappa shape index (κ3) is 1.61. The molecule has 2 nitrogen and oxygen atoms in total. The average Bonchev–Trinajstić information content (AvgIpc) is 3.08. The Labute approximate surface area is 174 Å². The van der Waals surface area contributed by atoms with Crippen LogP contribution in [0.1, 0.15) is 70.3 Å². The molecule has 0 amide bonds. The van der Waals surface area contributed by atoms with Gasteiger partial charge in [-0.25, -0.2) is 0 Å². The van der Waals surface area contributed by atoms with Crippen molar-refractivity contribution in [3.63, 3.8) is 0 Å². The zero-order chi connectivity index (χ0) is 20.3. The largest absolute Gasteiger partial charge is 0.334 e. The summed E-state index contributed by atoms with van der Waals surface area (Å²) in [5, 5.41) is 0. The molecule has 1 aliphatic carbocycles. The van der Waals surface area contributed by atoms with Crippen LogP contribution in [0.15, 0.2) is 60.3 Å². The molecule has 0 saturated heterocycles. The van der Waals surface area contributed by atoms with Gasteiger partial charge in [-0.05, 0) is 47.8 Å². The van der Waals surface area contributed by atoms with E-state index >= 15 is 0 Å². The lowest BCUT2D eigenvalue weighted by Crippen LogP contribution is -2.53. The van der Waals surface area contributed by atoms with Crippen LogP contribution in [0.2, 0.25) is 0 Å². The molecular weight excluding hydrogens is 352 g/mol. The van der Waals surface area contributed by atoms with Crippen LogP contribution >= 0.6 is 0 Å². The SMILES string of the molecule is C=C1C2(CC)c3cccc4c3C3N(C(C(C)(C)C)=C4)c4ccccc4N3C12CC. The zero-order valence-electron chi connectivity index (χ0n) is 18.2.